The van der Waals surface area contributed by atoms with E-state index in [2.05, 4.69) is 0 Å². The Morgan fingerprint density at radius 1 is 1.19 bits per heavy atom. The number of rotatable bonds is 2. The highest BCUT2D eigenvalue weighted by atomic mass is 19.1. The zero-order valence-electron chi connectivity index (χ0n) is 15.1. The molecule has 5 nitrogen and oxygen atoms in total. The van der Waals surface area contributed by atoms with E-state index in [1.807, 2.05) is 30.9 Å². The molecule has 0 fully saturated rings. The summed E-state index contributed by atoms with van der Waals surface area (Å²) in [5.41, 5.74) is 10.5. The van der Waals surface area contributed by atoms with Crippen molar-refractivity contribution in [1.29, 1.82) is 0 Å². The highest BCUT2D eigenvalue weighted by Gasteiger charge is 2.24. The van der Waals surface area contributed by atoms with Gasteiger partial charge < -0.3 is 10.6 Å². The molecule has 0 saturated carbocycles. The van der Waals surface area contributed by atoms with E-state index in [9.17, 15) is 9.18 Å². The molecule has 4 rings (SSSR count). The number of anilines is 1. The Kier molecular flexibility index (Phi) is 3.80. The second kappa shape index (κ2) is 5.92. The zero-order chi connectivity index (χ0) is 18.6. The molecule has 3 aromatic rings. The van der Waals surface area contributed by atoms with Crippen LogP contribution in [0.15, 0.2) is 35.1 Å². The zero-order valence-corrected chi connectivity index (χ0v) is 15.1. The fraction of sp³-hybridized carbons (Fsp3) is 0.300. The van der Waals surface area contributed by atoms with Gasteiger partial charge in [0, 0.05) is 26.2 Å². The molecule has 1 aliphatic rings. The average Bonchev–Trinajstić information content (AvgIpc) is 3.00. The molecule has 26 heavy (non-hydrogen) atoms. The van der Waals surface area contributed by atoms with E-state index in [1.54, 1.807) is 23.7 Å². The van der Waals surface area contributed by atoms with Gasteiger partial charge in [-0.2, -0.15) is 0 Å². The van der Waals surface area contributed by atoms with Crippen molar-refractivity contribution in [3.8, 4) is 0 Å². The van der Waals surface area contributed by atoms with Gasteiger partial charge in [0.1, 0.15) is 5.82 Å². The van der Waals surface area contributed by atoms with Gasteiger partial charge in [-0.1, -0.05) is 12.1 Å². The molecular weight excluding hydrogens is 331 g/mol. The Bertz CT molecular complexity index is 1090. The Morgan fingerprint density at radius 2 is 1.92 bits per heavy atom. The number of hydrogen-bond acceptors (Lipinski definition) is 4. The molecule has 0 spiro atoms. The minimum absolute atomic E-state index is 0.0993. The fourth-order valence-electron chi connectivity index (χ4n) is 3.68. The standard InChI is InChI=1S/C20H21FN4O/c1-11-6-16(12(2)22)18-17(7-11)19(26)24(3)20(23-18)25-9-13-4-5-15(21)8-14(13)10-25/h4-8,12H,9-10,22H2,1-3H3/t12-/m1/s1. The molecule has 0 amide bonds. The minimum atomic E-state index is -0.249. The number of nitrogens with zero attached hydrogens (tertiary/aromatic N) is 3. The summed E-state index contributed by atoms with van der Waals surface area (Å²) in [7, 11) is 1.72. The average molecular weight is 352 g/mol. The molecule has 2 N–H and O–H groups in total. The first-order chi connectivity index (χ1) is 12.3. The fourth-order valence-corrected chi connectivity index (χ4v) is 3.68. The summed E-state index contributed by atoms with van der Waals surface area (Å²) < 4.78 is 15.1. The van der Waals surface area contributed by atoms with Crippen molar-refractivity contribution in [3.05, 3.63) is 68.8 Å². The molecule has 0 saturated heterocycles. The molecule has 6 heteroatoms. The topological polar surface area (TPSA) is 64.2 Å². The van der Waals surface area contributed by atoms with E-state index in [4.69, 9.17) is 10.7 Å². The van der Waals surface area contributed by atoms with E-state index in [1.165, 1.54) is 6.07 Å². The second-order valence-corrected chi connectivity index (χ2v) is 7.08. The molecular formula is C20H21FN4O. The maximum atomic E-state index is 13.5. The monoisotopic (exact) mass is 352 g/mol. The van der Waals surface area contributed by atoms with E-state index < -0.39 is 0 Å². The van der Waals surface area contributed by atoms with Crippen LogP contribution in [-0.4, -0.2) is 9.55 Å². The van der Waals surface area contributed by atoms with Crippen LogP contribution >= 0.6 is 0 Å². The molecule has 1 aliphatic heterocycles. The van der Waals surface area contributed by atoms with Gasteiger partial charge in [0.2, 0.25) is 5.95 Å². The molecule has 0 aliphatic carbocycles. The van der Waals surface area contributed by atoms with Gasteiger partial charge in [0.15, 0.2) is 0 Å². The lowest BCUT2D eigenvalue weighted by Gasteiger charge is -2.21. The van der Waals surface area contributed by atoms with Gasteiger partial charge in [-0.05, 0) is 54.3 Å². The van der Waals surface area contributed by atoms with Crippen LogP contribution in [0.3, 0.4) is 0 Å². The summed E-state index contributed by atoms with van der Waals surface area (Å²) >= 11 is 0. The Morgan fingerprint density at radius 3 is 2.65 bits per heavy atom. The largest absolute Gasteiger partial charge is 0.333 e. The third-order valence-electron chi connectivity index (χ3n) is 4.99. The first-order valence-corrected chi connectivity index (χ1v) is 8.64. The van der Waals surface area contributed by atoms with Crippen molar-refractivity contribution in [3.63, 3.8) is 0 Å². The maximum absolute atomic E-state index is 13.5. The number of hydrogen-bond donors (Lipinski definition) is 1. The summed E-state index contributed by atoms with van der Waals surface area (Å²) in [6, 6.07) is 8.42. The Hall–Kier alpha value is -2.73. The van der Waals surface area contributed by atoms with E-state index in [0.717, 1.165) is 22.3 Å². The van der Waals surface area contributed by atoms with Crippen molar-refractivity contribution >= 4 is 16.9 Å². The van der Waals surface area contributed by atoms with E-state index in [-0.39, 0.29) is 17.4 Å². The molecule has 0 bridgehead atoms. The van der Waals surface area contributed by atoms with Gasteiger partial charge in [0.25, 0.3) is 5.56 Å². The summed E-state index contributed by atoms with van der Waals surface area (Å²) in [4.78, 5) is 19.8. The van der Waals surface area contributed by atoms with Crippen LogP contribution in [0.2, 0.25) is 0 Å². The summed E-state index contributed by atoms with van der Waals surface area (Å²) in [5, 5.41) is 0.575. The molecule has 0 unspecified atom stereocenters. The van der Waals surface area contributed by atoms with Crippen molar-refractivity contribution in [2.24, 2.45) is 12.8 Å². The van der Waals surface area contributed by atoms with E-state index >= 15 is 0 Å². The lowest BCUT2D eigenvalue weighted by atomic mass is 10.0. The molecule has 0 radical (unpaired) electrons. The van der Waals surface area contributed by atoms with Crippen LogP contribution in [0.5, 0.6) is 0 Å². The van der Waals surface area contributed by atoms with Crippen molar-refractivity contribution < 1.29 is 4.39 Å². The van der Waals surface area contributed by atoms with Gasteiger partial charge in [-0.3, -0.25) is 9.36 Å². The van der Waals surface area contributed by atoms with Crippen LogP contribution in [0.1, 0.15) is 35.2 Å². The molecule has 1 atom stereocenters. The molecule has 134 valence electrons. The van der Waals surface area contributed by atoms with Crippen LogP contribution in [-0.2, 0) is 20.1 Å². The molecule has 2 aromatic carbocycles. The normalized spacial score (nSPS) is 14.7. The summed E-state index contributed by atoms with van der Waals surface area (Å²) in [6.07, 6.45) is 0. The maximum Gasteiger partial charge on any atom is 0.262 e. The SMILES string of the molecule is Cc1cc([C@@H](C)N)c2nc(N3Cc4ccc(F)cc4C3)n(C)c(=O)c2c1. The lowest BCUT2D eigenvalue weighted by Crippen LogP contribution is -2.28. The van der Waals surface area contributed by atoms with Crippen molar-refractivity contribution in [1.82, 2.24) is 9.55 Å². The number of aryl methyl sites for hydroxylation is 1. The smallest absolute Gasteiger partial charge is 0.262 e. The quantitative estimate of drug-likeness (QED) is 0.770. The predicted octanol–water partition coefficient (Wildman–Crippen LogP) is 2.92. The Balaban J connectivity index is 1.89. The van der Waals surface area contributed by atoms with Gasteiger partial charge in [0.05, 0.1) is 10.9 Å². The number of halogens is 1. The minimum Gasteiger partial charge on any atom is -0.333 e. The summed E-state index contributed by atoms with van der Waals surface area (Å²) in [6.45, 7) is 4.96. The van der Waals surface area contributed by atoms with Crippen molar-refractivity contribution in [2.75, 3.05) is 4.90 Å². The first kappa shape index (κ1) is 16.7. The lowest BCUT2D eigenvalue weighted by molar-refractivity contribution is 0.626. The number of nitrogens with two attached hydrogens (primary N) is 1. The third-order valence-corrected chi connectivity index (χ3v) is 4.99. The van der Waals surface area contributed by atoms with E-state index in [0.29, 0.717) is 29.9 Å². The predicted molar refractivity (Wildman–Crippen MR) is 101 cm³/mol. The van der Waals surface area contributed by atoms with Crippen LogP contribution < -0.4 is 16.2 Å². The summed E-state index contributed by atoms with van der Waals surface area (Å²) in [5.74, 6) is 0.325. The van der Waals surface area contributed by atoms with Crippen molar-refractivity contribution in [2.45, 2.75) is 33.0 Å². The number of aromatic nitrogens is 2. The third kappa shape index (κ3) is 2.57. The number of fused-ring (bicyclic) bond motifs is 2. The first-order valence-electron chi connectivity index (χ1n) is 8.64. The molecule has 2 heterocycles. The Labute approximate surface area is 150 Å². The highest BCUT2D eigenvalue weighted by Crippen LogP contribution is 2.29. The van der Waals surface area contributed by atoms with Gasteiger partial charge >= 0.3 is 0 Å². The van der Waals surface area contributed by atoms with Crippen LogP contribution in [0, 0.1) is 12.7 Å². The van der Waals surface area contributed by atoms with Gasteiger partial charge in [-0.15, -0.1) is 0 Å². The second-order valence-electron chi connectivity index (χ2n) is 7.08. The van der Waals surface area contributed by atoms with Crippen LogP contribution in [0.4, 0.5) is 10.3 Å². The number of benzene rings is 2. The molecule has 1 aromatic heterocycles. The van der Waals surface area contributed by atoms with Gasteiger partial charge in [-0.25, -0.2) is 9.37 Å². The highest BCUT2D eigenvalue weighted by molar-refractivity contribution is 5.83. The van der Waals surface area contributed by atoms with Crippen LogP contribution in [0.25, 0.3) is 10.9 Å².